The summed E-state index contributed by atoms with van der Waals surface area (Å²) in [6, 6.07) is 2.09. The topological polar surface area (TPSA) is 75.9 Å². The molecule has 0 saturated heterocycles. The van der Waals surface area contributed by atoms with Gasteiger partial charge < -0.3 is 16.4 Å². The molecule has 90 valence electrons. The lowest BCUT2D eigenvalue weighted by Crippen LogP contribution is -2.28. The van der Waals surface area contributed by atoms with E-state index >= 15 is 0 Å². The lowest BCUT2D eigenvalue weighted by molar-refractivity contribution is 0.630. The van der Waals surface area contributed by atoms with Gasteiger partial charge >= 0.3 is 0 Å². The minimum absolute atomic E-state index is 0.00882. The van der Waals surface area contributed by atoms with Gasteiger partial charge in [0.05, 0.1) is 0 Å². The van der Waals surface area contributed by atoms with Gasteiger partial charge in [-0.25, -0.2) is 9.97 Å². The van der Waals surface area contributed by atoms with E-state index in [1.165, 1.54) is 0 Å². The zero-order valence-electron chi connectivity index (χ0n) is 10.4. The van der Waals surface area contributed by atoms with Crippen LogP contribution in [0.15, 0.2) is 12.4 Å². The molecule has 0 radical (unpaired) electrons. The maximum absolute atomic E-state index is 5.54. The third-order valence-corrected chi connectivity index (χ3v) is 1.92. The van der Waals surface area contributed by atoms with Crippen LogP contribution in [0.1, 0.15) is 27.7 Å². The SMILES string of the molecule is CC(CN)Nc1cc(NC(C)(C)C)ncn1. The van der Waals surface area contributed by atoms with E-state index < -0.39 is 0 Å². The van der Waals surface area contributed by atoms with Crippen LogP contribution in [-0.2, 0) is 0 Å². The van der Waals surface area contributed by atoms with Crippen LogP contribution in [0, 0.1) is 0 Å². The fraction of sp³-hybridized carbons (Fsp3) is 0.636. The second kappa shape index (κ2) is 5.12. The van der Waals surface area contributed by atoms with Crippen LogP contribution in [0.4, 0.5) is 11.6 Å². The van der Waals surface area contributed by atoms with E-state index in [9.17, 15) is 0 Å². The van der Waals surface area contributed by atoms with Crippen molar-refractivity contribution in [2.24, 2.45) is 5.73 Å². The number of hydrogen-bond donors (Lipinski definition) is 3. The van der Waals surface area contributed by atoms with Crippen LogP contribution in [0.3, 0.4) is 0 Å². The highest BCUT2D eigenvalue weighted by atomic mass is 15.1. The first-order valence-corrected chi connectivity index (χ1v) is 5.47. The molecule has 5 heteroatoms. The second-order valence-corrected chi connectivity index (χ2v) is 4.94. The fourth-order valence-corrected chi connectivity index (χ4v) is 1.20. The van der Waals surface area contributed by atoms with Gasteiger partial charge in [-0.2, -0.15) is 0 Å². The molecule has 1 aromatic rings. The summed E-state index contributed by atoms with van der Waals surface area (Å²) in [5.74, 6) is 1.61. The Bertz CT molecular complexity index is 331. The van der Waals surface area contributed by atoms with Crippen molar-refractivity contribution >= 4 is 11.6 Å². The molecule has 0 spiro atoms. The molecule has 1 rings (SSSR count). The molecule has 0 aliphatic rings. The fourth-order valence-electron chi connectivity index (χ4n) is 1.20. The van der Waals surface area contributed by atoms with Gasteiger partial charge in [0.2, 0.25) is 0 Å². The van der Waals surface area contributed by atoms with Crippen molar-refractivity contribution in [3.05, 3.63) is 12.4 Å². The monoisotopic (exact) mass is 223 g/mol. The standard InChI is InChI=1S/C11H21N5/c1-8(6-12)15-9-5-10(14-7-13-9)16-11(2,3)4/h5,7-8H,6,12H2,1-4H3,(H2,13,14,15,16). The zero-order chi connectivity index (χ0) is 12.2. The van der Waals surface area contributed by atoms with Crippen LogP contribution in [0.25, 0.3) is 0 Å². The summed E-state index contributed by atoms with van der Waals surface area (Å²) in [6.07, 6.45) is 1.54. The van der Waals surface area contributed by atoms with Gasteiger partial charge in [0.1, 0.15) is 18.0 Å². The molecule has 1 heterocycles. The van der Waals surface area contributed by atoms with E-state index in [-0.39, 0.29) is 11.6 Å². The number of nitrogens with one attached hydrogen (secondary N) is 2. The van der Waals surface area contributed by atoms with Crippen molar-refractivity contribution in [2.45, 2.75) is 39.3 Å². The molecule has 5 nitrogen and oxygen atoms in total. The predicted octanol–water partition coefficient (Wildman–Crippen LogP) is 1.45. The summed E-state index contributed by atoms with van der Waals surface area (Å²) in [7, 11) is 0. The molecule has 0 bridgehead atoms. The van der Waals surface area contributed by atoms with E-state index in [0.717, 1.165) is 11.6 Å². The minimum Gasteiger partial charge on any atom is -0.366 e. The number of nitrogens with two attached hydrogens (primary N) is 1. The minimum atomic E-state index is -0.00882. The maximum atomic E-state index is 5.54. The highest BCUT2D eigenvalue weighted by Crippen LogP contribution is 2.14. The van der Waals surface area contributed by atoms with Gasteiger partial charge in [0.15, 0.2) is 0 Å². The lowest BCUT2D eigenvalue weighted by Gasteiger charge is -2.21. The Hall–Kier alpha value is -1.36. The van der Waals surface area contributed by atoms with Crippen LogP contribution in [-0.4, -0.2) is 28.1 Å². The van der Waals surface area contributed by atoms with Gasteiger partial charge in [-0.3, -0.25) is 0 Å². The van der Waals surface area contributed by atoms with Gasteiger partial charge in [-0.15, -0.1) is 0 Å². The quantitative estimate of drug-likeness (QED) is 0.720. The molecule has 16 heavy (non-hydrogen) atoms. The molecule has 0 aliphatic heterocycles. The van der Waals surface area contributed by atoms with Crippen molar-refractivity contribution in [1.29, 1.82) is 0 Å². The van der Waals surface area contributed by atoms with Gasteiger partial charge in [0, 0.05) is 24.2 Å². The average molecular weight is 223 g/mol. The summed E-state index contributed by atoms with van der Waals surface area (Å²) in [5.41, 5.74) is 5.53. The molecular weight excluding hydrogens is 202 g/mol. The molecule has 4 N–H and O–H groups in total. The van der Waals surface area contributed by atoms with Crippen LogP contribution < -0.4 is 16.4 Å². The third-order valence-electron chi connectivity index (χ3n) is 1.92. The Kier molecular flexibility index (Phi) is 4.06. The normalized spacial score (nSPS) is 13.3. The van der Waals surface area contributed by atoms with Crippen LogP contribution >= 0.6 is 0 Å². The highest BCUT2D eigenvalue weighted by Gasteiger charge is 2.10. The Morgan fingerprint density at radius 3 is 2.50 bits per heavy atom. The molecule has 1 unspecified atom stereocenters. The third kappa shape index (κ3) is 4.44. The number of anilines is 2. The molecule has 0 fully saturated rings. The second-order valence-electron chi connectivity index (χ2n) is 4.94. The van der Waals surface area contributed by atoms with Crippen molar-refractivity contribution in [1.82, 2.24) is 9.97 Å². The predicted molar refractivity (Wildman–Crippen MR) is 67.5 cm³/mol. The number of hydrogen-bond acceptors (Lipinski definition) is 5. The molecule has 0 aromatic carbocycles. The molecule has 0 aliphatic carbocycles. The zero-order valence-corrected chi connectivity index (χ0v) is 10.4. The highest BCUT2D eigenvalue weighted by molar-refractivity contribution is 5.47. The summed E-state index contributed by atoms with van der Waals surface area (Å²) >= 11 is 0. The Morgan fingerprint density at radius 2 is 1.94 bits per heavy atom. The van der Waals surface area contributed by atoms with Crippen molar-refractivity contribution in [2.75, 3.05) is 17.2 Å². The molecule has 1 aromatic heterocycles. The Morgan fingerprint density at radius 1 is 1.31 bits per heavy atom. The van der Waals surface area contributed by atoms with Gasteiger partial charge in [0.25, 0.3) is 0 Å². The molecule has 1 atom stereocenters. The van der Waals surface area contributed by atoms with E-state index in [2.05, 4.69) is 41.4 Å². The molecule has 0 saturated carbocycles. The number of nitrogens with zero attached hydrogens (tertiary/aromatic N) is 2. The first-order chi connectivity index (χ1) is 7.40. The van der Waals surface area contributed by atoms with E-state index in [4.69, 9.17) is 5.73 Å². The summed E-state index contributed by atoms with van der Waals surface area (Å²) in [6.45, 7) is 8.85. The van der Waals surface area contributed by atoms with Crippen molar-refractivity contribution in [3.8, 4) is 0 Å². The summed E-state index contributed by atoms with van der Waals surface area (Å²) < 4.78 is 0. The maximum Gasteiger partial charge on any atom is 0.131 e. The average Bonchev–Trinajstić information content (AvgIpc) is 2.15. The first-order valence-electron chi connectivity index (χ1n) is 5.47. The van der Waals surface area contributed by atoms with Crippen LogP contribution in [0.5, 0.6) is 0 Å². The number of rotatable bonds is 4. The molecular formula is C11H21N5. The van der Waals surface area contributed by atoms with E-state index in [1.54, 1.807) is 6.33 Å². The van der Waals surface area contributed by atoms with Gasteiger partial charge in [-0.05, 0) is 27.7 Å². The van der Waals surface area contributed by atoms with Crippen LogP contribution in [0.2, 0.25) is 0 Å². The largest absolute Gasteiger partial charge is 0.366 e. The smallest absolute Gasteiger partial charge is 0.131 e. The Labute approximate surface area is 96.9 Å². The first kappa shape index (κ1) is 12.7. The molecule has 0 amide bonds. The summed E-state index contributed by atoms with van der Waals surface area (Å²) in [4.78, 5) is 8.30. The van der Waals surface area contributed by atoms with E-state index in [0.29, 0.717) is 6.54 Å². The Balaban J connectivity index is 2.71. The number of aromatic nitrogens is 2. The summed E-state index contributed by atoms with van der Waals surface area (Å²) in [5, 5.41) is 6.49. The lowest BCUT2D eigenvalue weighted by atomic mass is 10.1. The van der Waals surface area contributed by atoms with E-state index in [1.807, 2.05) is 13.0 Å². The van der Waals surface area contributed by atoms with Crippen molar-refractivity contribution < 1.29 is 0 Å². The van der Waals surface area contributed by atoms with Crippen molar-refractivity contribution in [3.63, 3.8) is 0 Å². The van der Waals surface area contributed by atoms with Gasteiger partial charge in [-0.1, -0.05) is 0 Å².